The Morgan fingerprint density at radius 1 is 0.714 bits per heavy atom. The van der Waals surface area contributed by atoms with Gasteiger partial charge in [-0.1, -0.05) is 60.2 Å². The molecular formula is C20H20O. The zero-order chi connectivity index (χ0) is 15.0. The molecule has 0 heterocycles. The van der Waals surface area contributed by atoms with Crippen LogP contribution in [0.2, 0.25) is 0 Å². The highest BCUT2D eigenvalue weighted by Gasteiger charge is 2.16. The smallest absolute Gasteiger partial charge is 0.105 e. The third-order valence-electron chi connectivity index (χ3n) is 4.19. The van der Waals surface area contributed by atoms with E-state index in [0.717, 1.165) is 22.1 Å². The lowest BCUT2D eigenvalue weighted by Gasteiger charge is -2.17. The number of aliphatic hydroxyl groups is 1. The molecule has 1 unspecified atom stereocenters. The van der Waals surface area contributed by atoms with Crippen LogP contribution in [-0.4, -0.2) is 5.11 Å². The monoisotopic (exact) mass is 276 g/mol. The Balaban J connectivity index is 2.18. The van der Waals surface area contributed by atoms with E-state index in [2.05, 4.69) is 51.1 Å². The lowest BCUT2D eigenvalue weighted by atomic mass is 9.91. The van der Waals surface area contributed by atoms with E-state index >= 15 is 0 Å². The second-order valence-corrected chi connectivity index (χ2v) is 5.78. The van der Waals surface area contributed by atoms with Crippen molar-refractivity contribution >= 4 is 10.8 Å². The molecule has 0 saturated carbocycles. The maximum Gasteiger partial charge on any atom is 0.105 e. The Kier molecular flexibility index (Phi) is 3.52. The standard InChI is InChI=1S/C20H20O/c1-13-8-10-17(15(3)12-13)20(21)19-11-9-14(2)16-6-4-5-7-18(16)19/h4-12,20-21H,1-3H3. The van der Waals surface area contributed by atoms with Gasteiger partial charge in [0.1, 0.15) is 6.10 Å². The summed E-state index contributed by atoms with van der Waals surface area (Å²) >= 11 is 0. The molecule has 0 radical (unpaired) electrons. The van der Waals surface area contributed by atoms with Crippen molar-refractivity contribution in [1.29, 1.82) is 0 Å². The van der Waals surface area contributed by atoms with Gasteiger partial charge in [0.15, 0.2) is 0 Å². The van der Waals surface area contributed by atoms with Gasteiger partial charge in [-0.2, -0.15) is 0 Å². The summed E-state index contributed by atoms with van der Waals surface area (Å²) < 4.78 is 0. The van der Waals surface area contributed by atoms with Gasteiger partial charge in [0.2, 0.25) is 0 Å². The summed E-state index contributed by atoms with van der Waals surface area (Å²) in [6.45, 7) is 6.24. The van der Waals surface area contributed by atoms with Gasteiger partial charge in [-0.25, -0.2) is 0 Å². The molecule has 21 heavy (non-hydrogen) atoms. The summed E-state index contributed by atoms with van der Waals surface area (Å²) in [6.07, 6.45) is -0.587. The topological polar surface area (TPSA) is 20.2 Å². The molecule has 0 aliphatic heterocycles. The molecule has 0 aliphatic rings. The Hall–Kier alpha value is -2.12. The summed E-state index contributed by atoms with van der Waals surface area (Å²) in [6, 6.07) is 18.6. The second kappa shape index (κ2) is 5.34. The molecule has 3 rings (SSSR count). The molecule has 106 valence electrons. The molecule has 0 bridgehead atoms. The fourth-order valence-electron chi connectivity index (χ4n) is 3.01. The number of hydrogen-bond donors (Lipinski definition) is 1. The Labute approximate surface area is 125 Å². The van der Waals surface area contributed by atoms with Crippen LogP contribution in [0.4, 0.5) is 0 Å². The minimum atomic E-state index is -0.587. The quantitative estimate of drug-likeness (QED) is 0.709. The zero-order valence-corrected chi connectivity index (χ0v) is 12.7. The summed E-state index contributed by atoms with van der Waals surface area (Å²) in [5, 5.41) is 13.2. The van der Waals surface area contributed by atoms with E-state index in [1.54, 1.807) is 0 Å². The summed E-state index contributed by atoms with van der Waals surface area (Å²) in [7, 11) is 0. The molecule has 3 aromatic rings. The molecule has 1 nitrogen and oxygen atoms in total. The fraction of sp³-hybridized carbons (Fsp3) is 0.200. The highest BCUT2D eigenvalue weighted by molar-refractivity contribution is 5.89. The van der Waals surface area contributed by atoms with Crippen molar-refractivity contribution in [3.63, 3.8) is 0 Å². The average Bonchev–Trinajstić information content (AvgIpc) is 2.47. The van der Waals surface area contributed by atoms with Crippen LogP contribution < -0.4 is 0 Å². The van der Waals surface area contributed by atoms with Gasteiger partial charge < -0.3 is 5.11 Å². The molecule has 1 atom stereocenters. The predicted molar refractivity (Wildman–Crippen MR) is 88.7 cm³/mol. The second-order valence-electron chi connectivity index (χ2n) is 5.78. The van der Waals surface area contributed by atoms with E-state index in [0.29, 0.717) is 0 Å². The SMILES string of the molecule is Cc1ccc(C(O)c2ccc(C)c3ccccc23)c(C)c1. The third kappa shape index (κ3) is 2.45. The van der Waals surface area contributed by atoms with Gasteiger partial charge >= 0.3 is 0 Å². The van der Waals surface area contributed by atoms with E-state index in [9.17, 15) is 5.11 Å². The molecule has 0 amide bonds. The first kappa shape index (κ1) is 13.8. The van der Waals surface area contributed by atoms with Crippen LogP contribution in [0.15, 0.2) is 54.6 Å². The number of aryl methyl sites for hydroxylation is 3. The summed E-state index contributed by atoms with van der Waals surface area (Å²) in [5.74, 6) is 0. The molecule has 0 aliphatic carbocycles. The van der Waals surface area contributed by atoms with E-state index in [4.69, 9.17) is 0 Å². The normalized spacial score (nSPS) is 12.6. The van der Waals surface area contributed by atoms with Gasteiger partial charge in [-0.3, -0.25) is 0 Å². The van der Waals surface area contributed by atoms with Gasteiger partial charge in [0.25, 0.3) is 0 Å². The molecule has 1 N–H and O–H groups in total. The number of rotatable bonds is 2. The summed E-state index contributed by atoms with van der Waals surface area (Å²) in [5.41, 5.74) is 5.55. The first-order valence-electron chi connectivity index (χ1n) is 7.31. The van der Waals surface area contributed by atoms with Gasteiger partial charge in [0.05, 0.1) is 0 Å². The van der Waals surface area contributed by atoms with E-state index < -0.39 is 6.10 Å². The minimum Gasteiger partial charge on any atom is -0.384 e. The molecule has 1 heteroatoms. The molecular weight excluding hydrogens is 256 g/mol. The van der Waals surface area contributed by atoms with Crippen LogP contribution in [0, 0.1) is 20.8 Å². The Morgan fingerprint density at radius 2 is 1.38 bits per heavy atom. The first-order valence-corrected chi connectivity index (χ1v) is 7.31. The number of aliphatic hydroxyl groups excluding tert-OH is 1. The average molecular weight is 276 g/mol. The molecule has 0 fully saturated rings. The number of hydrogen-bond acceptors (Lipinski definition) is 1. The van der Waals surface area contributed by atoms with Crippen LogP contribution in [0.5, 0.6) is 0 Å². The van der Waals surface area contributed by atoms with Crippen molar-refractivity contribution < 1.29 is 5.11 Å². The Morgan fingerprint density at radius 3 is 2.10 bits per heavy atom. The van der Waals surface area contributed by atoms with Gasteiger partial charge in [0, 0.05) is 0 Å². The maximum absolute atomic E-state index is 10.9. The highest BCUT2D eigenvalue weighted by atomic mass is 16.3. The fourth-order valence-corrected chi connectivity index (χ4v) is 3.01. The van der Waals surface area contributed by atoms with Crippen molar-refractivity contribution in [1.82, 2.24) is 0 Å². The molecule has 0 spiro atoms. The number of fused-ring (bicyclic) bond motifs is 1. The first-order chi connectivity index (χ1) is 10.1. The molecule has 3 aromatic carbocycles. The third-order valence-corrected chi connectivity index (χ3v) is 4.19. The van der Waals surface area contributed by atoms with Crippen molar-refractivity contribution in [2.45, 2.75) is 26.9 Å². The largest absolute Gasteiger partial charge is 0.384 e. The van der Waals surface area contributed by atoms with Crippen molar-refractivity contribution in [2.24, 2.45) is 0 Å². The van der Waals surface area contributed by atoms with Crippen LogP contribution in [0.3, 0.4) is 0 Å². The van der Waals surface area contributed by atoms with E-state index in [1.165, 1.54) is 16.5 Å². The highest BCUT2D eigenvalue weighted by Crippen LogP contribution is 2.32. The minimum absolute atomic E-state index is 0.587. The van der Waals surface area contributed by atoms with Gasteiger partial charge in [-0.05, 0) is 53.8 Å². The lowest BCUT2D eigenvalue weighted by molar-refractivity contribution is 0.221. The van der Waals surface area contributed by atoms with Crippen LogP contribution in [-0.2, 0) is 0 Å². The van der Waals surface area contributed by atoms with Gasteiger partial charge in [-0.15, -0.1) is 0 Å². The maximum atomic E-state index is 10.9. The van der Waals surface area contributed by atoms with Crippen LogP contribution in [0.1, 0.15) is 33.9 Å². The lowest BCUT2D eigenvalue weighted by Crippen LogP contribution is -2.03. The molecule has 0 aromatic heterocycles. The van der Waals surface area contributed by atoms with Crippen LogP contribution in [0.25, 0.3) is 10.8 Å². The van der Waals surface area contributed by atoms with E-state index in [-0.39, 0.29) is 0 Å². The van der Waals surface area contributed by atoms with Crippen LogP contribution >= 0.6 is 0 Å². The number of benzene rings is 3. The zero-order valence-electron chi connectivity index (χ0n) is 12.7. The Bertz CT molecular complexity index is 802. The van der Waals surface area contributed by atoms with E-state index in [1.807, 2.05) is 24.3 Å². The van der Waals surface area contributed by atoms with Crippen molar-refractivity contribution in [3.8, 4) is 0 Å². The van der Waals surface area contributed by atoms with Crippen molar-refractivity contribution in [2.75, 3.05) is 0 Å². The predicted octanol–water partition coefficient (Wildman–Crippen LogP) is 4.85. The van der Waals surface area contributed by atoms with Crippen molar-refractivity contribution in [3.05, 3.63) is 82.4 Å². The summed E-state index contributed by atoms with van der Waals surface area (Å²) in [4.78, 5) is 0. The molecule has 0 saturated heterocycles.